The molecule has 0 aliphatic rings. The van der Waals surface area contributed by atoms with E-state index in [1.54, 1.807) is 36.4 Å². The van der Waals surface area contributed by atoms with Crippen molar-refractivity contribution in [3.63, 3.8) is 0 Å². The molecule has 0 saturated carbocycles. The summed E-state index contributed by atoms with van der Waals surface area (Å²) in [5, 5.41) is 3.27. The topological polar surface area (TPSA) is 125 Å². The third-order valence-electron chi connectivity index (χ3n) is 5.75. The maximum Gasteiger partial charge on any atom is 0.248 e. The van der Waals surface area contributed by atoms with Crippen molar-refractivity contribution in [2.75, 3.05) is 11.6 Å². The van der Waals surface area contributed by atoms with Gasteiger partial charge in [-0.1, -0.05) is 12.1 Å². The second kappa shape index (κ2) is 7.99. The van der Waals surface area contributed by atoms with E-state index >= 15 is 0 Å². The molecule has 0 radical (unpaired) electrons. The molecule has 2 heterocycles. The van der Waals surface area contributed by atoms with E-state index in [1.807, 2.05) is 46.5 Å². The summed E-state index contributed by atoms with van der Waals surface area (Å²) < 4.78 is 27.6. The third-order valence-corrected chi connectivity index (χ3v) is 6.88. The second-order valence-corrected chi connectivity index (χ2v) is 10.1. The molecular weight excluding hydrogens is 452 g/mol. The quantitative estimate of drug-likeness (QED) is 0.389. The van der Waals surface area contributed by atoms with E-state index in [9.17, 15) is 13.2 Å². The number of imidazole rings is 2. The minimum Gasteiger partial charge on any atom is -0.366 e. The smallest absolute Gasteiger partial charge is 0.248 e. The number of anilines is 2. The molecule has 0 bridgehead atoms. The fourth-order valence-corrected chi connectivity index (χ4v) is 4.56. The van der Waals surface area contributed by atoms with Gasteiger partial charge in [-0.25, -0.2) is 18.4 Å². The molecule has 0 aliphatic heterocycles. The van der Waals surface area contributed by atoms with E-state index < -0.39 is 15.7 Å². The molecule has 172 valence electrons. The zero-order chi connectivity index (χ0) is 24.0. The first-order valence-corrected chi connectivity index (χ1v) is 12.4. The molecule has 0 spiro atoms. The molecular formula is C24H22N6O3S. The molecule has 3 aromatic carbocycles. The van der Waals surface area contributed by atoms with Gasteiger partial charge in [0.05, 0.1) is 33.5 Å². The van der Waals surface area contributed by atoms with E-state index in [4.69, 9.17) is 15.7 Å². The molecule has 2 aromatic heterocycles. The van der Waals surface area contributed by atoms with Crippen molar-refractivity contribution < 1.29 is 13.2 Å². The molecule has 34 heavy (non-hydrogen) atoms. The van der Waals surface area contributed by atoms with Gasteiger partial charge in [0.15, 0.2) is 9.84 Å². The lowest BCUT2D eigenvalue weighted by atomic mass is 10.2. The number of amides is 1. The van der Waals surface area contributed by atoms with Crippen LogP contribution in [0.1, 0.15) is 16.2 Å². The first kappa shape index (κ1) is 21.7. The number of para-hydroxylation sites is 2. The van der Waals surface area contributed by atoms with Crippen LogP contribution in [-0.2, 0) is 23.4 Å². The Morgan fingerprint density at radius 2 is 1.71 bits per heavy atom. The van der Waals surface area contributed by atoms with Crippen LogP contribution in [0.3, 0.4) is 0 Å². The highest BCUT2D eigenvalue weighted by Crippen LogP contribution is 2.26. The van der Waals surface area contributed by atoms with E-state index in [-0.39, 0.29) is 4.90 Å². The number of sulfone groups is 1. The van der Waals surface area contributed by atoms with Gasteiger partial charge in [0.2, 0.25) is 11.9 Å². The van der Waals surface area contributed by atoms with Crippen LogP contribution in [0.4, 0.5) is 11.6 Å². The summed E-state index contributed by atoms with van der Waals surface area (Å²) in [4.78, 5) is 21.4. The Balaban J connectivity index is 1.60. The minimum atomic E-state index is -3.30. The Labute approximate surface area is 195 Å². The number of carbonyl (C=O) groups is 1. The average Bonchev–Trinajstić information content (AvgIpc) is 3.30. The van der Waals surface area contributed by atoms with E-state index in [2.05, 4.69) is 5.32 Å². The van der Waals surface area contributed by atoms with Crippen molar-refractivity contribution in [2.24, 2.45) is 12.8 Å². The summed E-state index contributed by atoms with van der Waals surface area (Å²) in [6.45, 7) is 0.418. The number of nitrogens with zero attached hydrogens (tertiary/aromatic N) is 4. The summed E-state index contributed by atoms with van der Waals surface area (Å²) >= 11 is 0. The lowest BCUT2D eigenvalue weighted by Crippen LogP contribution is -2.11. The fourth-order valence-electron chi connectivity index (χ4n) is 3.93. The monoisotopic (exact) mass is 474 g/mol. The normalized spacial score (nSPS) is 11.8. The number of nitrogens with two attached hydrogens (primary N) is 1. The second-order valence-electron chi connectivity index (χ2n) is 8.09. The van der Waals surface area contributed by atoms with Gasteiger partial charge < -0.3 is 20.2 Å². The largest absolute Gasteiger partial charge is 0.366 e. The first-order valence-electron chi connectivity index (χ1n) is 10.5. The highest BCUT2D eigenvalue weighted by Gasteiger charge is 2.17. The van der Waals surface area contributed by atoms with E-state index in [0.717, 1.165) is 22.4 Å². The highest BCUT2D eigenvalue weighted by molar-refractivity contribution is 7.90. The standard InChI is InChI=1S/C24H22N6O3S/c1-29-20-6-4-3-5-18(20)27-22(29)14-30-21-12-7-15(23(25)31)13-19(21)28-24(30)26-16-8-10-17(11-9-16)34(2,32)33/h3-13H,14H2,1-2H3,(H2,25,31)(H,26,28). The summed E-state index contributed by atoms with van der Waals surface area (Å²) in [6.07, 6.45) is 1.17. The van der Waals surface area contributed by atoms with Crippen molar-refractivity contribution in [3.05, 3.63) is 78.1 Å². The van der Waals surface area contributed by atoms with Crippen LogP contribution in [0, 0.1) is 0 Å². The minimum absolute atomic E-state index is 0.234. The molecule has 1 amide bonds. The molecule has 0 atom stereocenters. The van der Waals surface area contributed by atoms with Crippen LogP contribution in [0.25, 0.3) is 22.1 Å². The van der Waals surface area contributed by atoms with Crippen molar-refractivity contribution in [3.8, 4) is 0 Å². The zero-order valence-corrected chi connectivity index (χ0v) is 19.4. The third kappa shape index (κ3) is 3.88. The van der Waals surface area contributed by atoms with E-state index in [1.165, 1.54) is 6.26 Å². The lowest BCUT2D eigenvalue weighted by molar-refractivity contribution is 0.100. The molecule has 0 fully saturated rings. The van der Waals surface area contributed by atoms with E-state index in [0.29, 0.717) is 29.3 Å². The molecule has 10 heteroatoms. The predicted octanol–water partition coefficient (Wildman–Crippen LogP) is 3.22. The Morgan fingerprint density at radius 1 is 0.971 bits per heavy atom. The predicted molar refractivity (Wildman–Crippen MR) is 131 cm³/mol. The fraction of sp³-hybridized carbons (Fsp3) is 0.125. The summed E-state index contributed by atoms with van der Waals surface area (Å²) in [6, 6.07) is 19.5. The summed E-state index contributed by atoms with van der Waals surface area (Å²) in [5.41, 5.74) is 9.81. The van der Waals surface area contributed by atoms with Gasteiger partial charge in [0.1, 0.15) is 5.82 Å². The van der Waals surface area contributed by atoms with Gasteiger partial charge in [-0.2, -0.15) is 0 Å². The van der Waals surface area contributed by atoms with Crippen molar-refractivity contribution in [1.29, 1.82) is 0 Å². The maximum absolute atomic E-state index is 11.8. The van der Waals surface area contributed by atoms with Crippen molar-refractivity contribution in [1.82, 2.24) is 19.1 Å². The van der Waals surface area contributed by atoms with Crippen LogP contribution in [0.15, 0.2) is 71.6 Å². The number of carbonyl (C=O) groups excluding carboxylic acids is 1. The molecule has 5 rings (SSSR count). The summed E-state index contributed by atoms with van der Waals surface area (Å²) in [7, 11) is -1.33. The number of aryl methyl sites for hydroxylation is 1. The molecule has 3 N–H and O–H groups in total. The van der Waals surface area contributed by atoms with Crippen molar-refractivity contribution >= 4 is 49.4 Å². The molecule has 0 unspecified atom stereocenters. The Hall–Kier alpha value is -4.18. The lowest BCUT2D eigenvalue weighted by Gasteiger charge is -2.11. The number of rotatable bonds is 6. The molecule has 9 nitrogen and oxygen atoms in total. The van der Waals surface area contributed by atoms with Gasteiger partial charge in [0.25, 0.3) is 0 Å². The number of hydrogen-bond donors (Lipinski definition) is 2. The van der Waals surface area contributed by atoms with Crippen LogP contribution in [0.5, 0.6) is 0 Å². The Morgan fingerprint density at radius 3 is 2.38 bits per heavy atom. The maximum atomic E-state index is 11.8. The average molecular weight is 475 g/mol. The summed E-state index contributed by atoms with van der Waals surface area (Å²) in [5.74, 6) is 0.823. The number of benzene rings is 3. The SMILES string of the molecule is Cn1c(Cn2c(Nc3ccc(S(C)(=O)=O)cc3)nc3cc(C(N)=O)ccc32)nc2ccccc21. The van der Waals surface area contributed by atoms with Gasteiger partial charge in [-0.05, 0) is 54.6 Å². The number of fused-ring (bicyclic) bond motifs is 2. The molecule has 5 aromatic rings. The highest BCUT2D eigenvalue weighted by atomic mass is 32.2. The Kier molecular flexibility index (Phi) is 5.09. The number of hydrogen-bond acceptors (Lipinski definition) is 6. The van der Waals surface area contributed by atoms with Gasteiger partial charge in [0, 0.05) is 24.6 Å². The molecule has 0 aliphatic carbocycles. The van der Waals surface area contributed by atoms with Gasteiger partial charge >= 0.3 is 0 Å². The molecule has 0 saturated heterocycles. The van der Waals surface area contributed by atoms with Gasteiger partial charge in [-0.15, -0.1) is 0 Å². The van der Waals surface area contributed by atoms with Gasteiger partial charge in [-0.3, -0.25) is 4.79 Å². The number of primary amides is 1. The van der Waals surface area contributed by atoms with Crippen molar-refractivity contribution in [2.45, 2.75) is 11.4 Å². The zero-order valence-electron chi connectivity index (χ0n) is 18.6. The Bertz CT molecular complexity index is 1670. The van der Waals surface area contributed by atoms with Crippen LogP contribution < -0.4 is 11.1 Å². The van der Waals surface area contributed by atoms with Crippen LogP contribution in [0.2, 0.25) is 0 Å². The van der Waals surface area contributed by atoms with Crippen LogP contribution >= 0.6 is 0 Å². The number of aromatic nitrogens is 4. The first-order chi connectivity index (χ1) is 16.2. The number of nitrogens with one attached hydrogen (secondary N) is 1. The van der Waals surface area contributed by atoms with Crippen LogP contribution in [-0.4, -0.2) is 39.7 Å².